The summed E-state index contributed by atoms with van der Waals surface area (Å²) in [5.41, 5.74) is 1.49. The van der Waals surface area contributed by atoms with Crippen LogP contribution in [0.4, 0.5) is 0 Å². The molecule has 0 aliphatic rings. The molecule has 0 aliphatic carbocycles. The summed E-state index contributed by atoms with van der Waals surface area (Å²) >= 11 is 1.25. The molecular weight excluding hydrogens is 428 g/mol. The molecule has 0 spiro atoms. The van der Waals surface area contributed by atoms with Crippen molar-refractivity contribution in [2.45, 2.75) is 33.7 Å². The van der Waals surface area contributed by atoms with Gasteiger partial charge in [-0.1, -0.05) is 6.07 Å². The first-order chi connectivity index (χ1) is 15.3. The molecule has 0 unspecified atom stereocenters. The van der Waals surface area contributed by atoms with Crippen LogP contribution in [-0.4, -0.2) is 54.6 Å². The highest BCUT2D eigenvalue weighted by Gasteiger charge is 2.19. The molecule has 0 aliphatic heterocycles. The molecule has 2 N–H and O–H groups in total. The third-order valence-corrected chi connectivity index (χ3v) is 6.01. The predicted molar refractivity (Wildman–Crippen MR) is 127 cm³/mol. The minimum atomic E-state index is -0.211. The van der Waals surface area contributed by atoms with Gasteiger partial charge in [-0.05, 0) is 64.5 Å². The van der Waals surface area contributed by atoms with Crippen molar-refractivity contribution < 1.29 is 14.3 Å². The van der Waals surface area contributed by atoms with Crippen molar-refractivity contribution in [3.05, 3.63) is 50.4 Å². The molecule has 0 bridgehead atoms. The number of nitrogens with zero attached hydrogens (tertiary/aromatic N) is 2. The van der Waals surface area contributed by atoms with Gasteiger partial charge < -0.3 is 24.7 Å². The number of ether oxygens (including phenoxy) is 2. The van der Waals surface area contributed by atoms with Crippen molar-refractivity contribution in [3.63, 3.8) is 0 Å². The molecule has 3 rings (SSSR count). The van der Waals surface area contributed by atoms with E-state index in [-0.39, 0.29) is 11.5 Å². The Morgan fingerprint density at radius 1 is 1.19 bits per heavy atom. The normalized spacial score (nSPS) is 11.2. The highest BCUT2D eigenvalue weighted by molar-refractivity contribution is 7.20. The summed E-state index contributed by atoms with van der Waals surface area (Å²) in [4.78, 5) is 35.7. The quantitative estimate of drug-likeness (QED) is 0.485. The number of thiophene rings is 1. The van der Waals surface area contributed by atoms with Crippen LogP contribution in [0.1, 0.15) is 40.5 Å². The fraction of sp³-hybridized carbons (Fsp3) is 0.435. The fourth-order valence-electron chi connectivity index (χ4n) is 3.43. The van der Waals surface area contributed by atoms with Crippen LogP contribution in [0.3, 0.4) is 0 Å². The number of hydrogen-bond donors (Lipinski definition) is 2. The number of amides is 1. The molecule has 1 amide bonds. The maximum Gasteiger partial charge on any atom is 0.261 e. The van der Waals surface area contributed by atoms with Gasteiger partial charge in [-0.3, -0.25) is 9.59 Å². The predicted octanol–water partition coefficient (Wildman–Crippen LogP) is 3.12. The number of aryl methyl sites for hydroxylation is 1. The zero-order valence-electron chi connectivity index (χ0n) is 19.2. The van der Waals surface area contributed by atoms with Gasteiger partial charge in [0.05, 0.1) is 30.0 Å². The minimum Gasteiger partial charge on any atom is -0.490 e. The zero-order chi connectivity index (χ0) is 23.3. The SMILES string of the molecule is CCOc1ccc(CCNC(=O)c2sc3nc(CN(C)C)[nH]c(=O)c3c2C)cc1OCC. The lowest BCUT2D eigenvalue weighted by atomic mass is 10.1. The second-order valence-electron chi connectivity index (χ2n) is 7.64. The number of H-pyrrole nitrogens is 1. The molecular formula is C23H30N4O4S. The van der Waals surface area contributed by atoms with Crippen LogP contribution in [0.15, 0.2) is 23.0 Å². The second kappa shape index (κ2) is 10.6. The van der Waals surface area contributed by atoms with Crippen molar-refractivity contribution in [3.8, 4) is 11.5 Å². The first-order valence-corrected chi connectivity index (χ1v) is 11.5. The molecule has 32 heavy (non-hydrogen) atoms. The average Bonchev–Trinajstić information content (AvgIpc) is 3.06. The van der Waals surface area contributed by atoms with E-state index >= 15 is 0 Å². The lowest BCUT2D eigenvalue weighted by Gasteiger charge is -2.12. The van der Waals surface area contributed by atoms with Crippen LogP contribution >= 0.6 is 11.3 Å². The second-order valence-corrected chi connectivity index (χ2v) is 8.64. The number of carbonyl (C=O) groups excluding carboxylic acids is 1. The number of nitrogens with one attached hydrogen (secondary N) is 2. The molecule has 0 saturated carbocycles. The van der Waals surface area contributed by atoms with Gasteiger partial charge in [-0.15, -0.1) is 11.3 Å². The minimum absolute atomic E-state index is 0.199. The number of carbonyl (C=O) groups is 1. The van der Waals surface area contributed by atoms with E-state index in [4.69, 9.17) is 9.47 Å². The Labute approximate surface area is 191 Å². The molecule has 8 nitrogen and oxygen atoms in total. The van der Waals surface area contributed by atoms with Gasteiger partial charge in [0.15, 0.2) is 11.5 Å². The fourth-order valence-corrected chi connectivity index (χ4v) is 4.55. The van der Waals surface area contributed by atoms with Gasteiger partial charge in [0.25, 0.3) is 11.5 Å². The third kappa shape index (κ3) is 5.46. The van der Waals surface area contributed by atoms with Gasteiger partial charge in [0.2, 0.25) is 0 Å². The molecule has 3 aromatic rings. The maximum absolute atomic E-state index is 12.8. The number of rotatable bonds is 10. The molecule has 9 heteroatoms. The van der Waals surface area contributed by atoms with Gasteiger partial charge in [-0.2, -0.15) is 0 Å². The van der Waals surface area contributed by atoms with Gasteiger partial charge in [-0.25, -0.2) is 4.98 Å². The van der Waals surface area contributed by atoms with Gasteiger partial charge in [0.1, 0.15) is 10.7 Å². The average molecular weight is 459 g/mol. The largest absolute Gasteiger partial charge is 0.490 e. The summed E-state index contributed by atoms with van der Waals surface area (Å²) in [6, 6.07) is 5.81. The molecule has 0 radical (unpaired) electrons. The van der Waals surface area contributed by atoms with Crippen molar-refractivity contribution >= 4 is 27.5 Å². The number of fused-ring (bicyclic) bond motifs is 1. The van der Waals surface area contributed by atoms with Crippen molar-refractivity contribution in [2.75, 3.05) is 33.9 Å². The molecule has 2 heterocycles. The van der Waals surface area contributed by atoms with Crippen LogP contribution in [0, 0.1) is 6.92 Å². The van der Waals surface area contributed by atoms with Crippen LogP contribution in [0.25, 0.3) is 10.2 Å². The Morgan fingerprint density at radius 2 is 1.91 bits per heavy atom. The first-order valence-electron chi connectivity index (χ1n) is 10.7. The Kier molecular flexibility index (Phi) is 7.87. The lowest BCUT2D eigenvalue weighted by Crippen LogP contribution is -2.25. The van der Waals surface area contributed by atoms with Crippen LogP contribution in [-0.2, 0) is 13.0 Å². The Balaban J connectivity index is 1.71. The van der Waals surface area contributed by atoms with E-state index in [0.29, 0.717) is 65.0 Å². The van der Waals surface area contributed by atoms with E-state index in [2.05, 4.69) is 15.3 Å². The van der Waals surface area contributed by atoms with Crippen molar-refractivity contribution in [1.82, 2.24) is 20.2 Å². The topological polar surface area (TPSA) is 96.5 Å². The van der Waals surface area contributed by atoms with E-state index in [9.17, 15) is 9.59 Å². The van der Waals surface area contributed by atoms with Crippen LogP contribution < -0.4 is 20.3 Å². The smallest absolute Gasteiger partial charge is 0.261 e. The maximum atomic E-state index is 12.8. The Morgan fingerprint density at radius 3 is 2.59 bits per heavy atom. The summed E-state index contributed by atoms with van der Waals surface area (Å²) in [6.07, 6.45) is 0.647. The molecule has 172 valence electrons. The first kappa shape index (κ1) is 23.7. The number of aromatic nitrogens is 2. The Hall–Kier alpha value is -2.91. The number of hydrogen-bond acceptors (Lipinski definition) is 7. The highest BCUT2D eigenvalue weighted by Crippen LogP contribution is 2.29. The monoisotopic (exact) mass is 458 g/mol. The summed E-state index contributed by atoms with van der Waals surface area (Å²) < 4.78 is 11.3. The van der Waals surface area contributed by atoms with E-state index in [0.717, 1.165) is 11.3 Å². The number of benzene rings is 1. The lowest BCUT2D eigenvalue weighted by molar-refractivity contribution is 0.0957. The molecule has 1 aromatic carbocycles. The van der Waals surface area contributed by atoms with Gasteiger partial charge >= 0.3 is 0 Å². The number of aromatic amines is 1. The molecule has 0 saturated heterocycles. The highest BCUT2D eigenvalue weighted by atomic mass is 32.1. The van der Waals surface area contributed by atoms with Crippen LogP contribution in [0.5, 0.6) is 11.5 Å². The third-order valence-electron chi connectivity index (χ3n) is 4.83. The van der Waals surface area contributed by atoms with E-state index in [1.165, 1.54) is 11.3 Å². The zero-order valence-corrected chi connectivity index (χ0v) is 20.0. The molecule has 0 atom stereocenters. The standard InChI is InChI=1S/C23H30N4O4S/c1-6-30-16-9-8-15(12-17(16)31-7-2)10-11-24-22(29)20-14(3)19-21(28)25-18(13-27(4)5)26-23(19)32-20/h8-9,12H,6-7,10-11,13H2,1-5H3,(H,24,29)(H,25,26,28). The van der Waals surface area contributed by atoms with E-state index in [1.807, 2.05) is 51.0 Å². The summed E-state index contributed by atoms with van der Waals surface area (Å²) in [6.45, 7) is 7.75. The summed E-state index contributed by atoms with van der Waals surface area (Å²) in [5.74, 6) is 1.81. The van der Waals surface area contributed by atoms with E-state index in [1.54, 1.807) is 6.92 Å². The van der Waals surface area contributed by atoms with Crippen molar-refractivity contribution in [2.24, 2.45) is 0 Å². The molecule has 0 fully saturated rings. The Bertz CT molecular complexity index is 1150. The summed E-state index contributed by atoms with van der Waals surface area (Å²) in [7, 11) is 3.81. The summed E-state index contributed by atoms with van der Waals surface area (Å²) in [5, 5.41) is 3.44. The van der Waals surface area contributed by atoms with E-state index < -0.39 is 0 Å². The molecule has 2 aromatic heterocycles. The van der Waals surface area contributed by atoms with Gasteiger partial charge in [0, 0.05) is 6.54 Å². The van der Waals surface area contributed by atoms with Crippen LogP contribution in [0.2, 0.25) is 0 Å². The van der Waals surface area contributed by atoms with Crippen molar-refractivity contribution in [1.29, 1.82) is 0 Å².